The van der Waals surface area contributed by atoms with Crippen molar-refractivity contribution >= 4 is 0 Å². The minimum Gasteiger partial charge on any atom is -0.494 e. The van der Waals surface area contributed by atoms with Gasteiger partial charge >= 0.3 is 0 Å². The highest BCUT2D eigenvalue weighted by Gasteiger charge is 2.19. The minimum atomic E-state index is 0.477. The molecule has 1 aliphatic heterocycles. The van der Waals surface area contributed by atoms with E-state index < -0.39 is 0 Å². The normalized spacial score (nSPS) is 18.2. The van der Waals surface area contributed by atoms with E-state index in [2.05, 4.69) is 24.0 Å². The molecule has 0 amide bonds. The van der Waals surface area contributed by atoms with Crippen molar-refractivity contribution in [2.24, 2.45) is 5.73 Å². The lowest BCUT2D eigenvalue weighted by atomic mass is 10.1. The average molecular weight is 262 g/mol. The Morgan fingerprint density at radius 1 is 1.26 bits per heavy atom. The summed E-state index contributed by atoms with van der Waals surface area (Å²) in [4.78, 5) is 2.53. The Bertz CT molecular complexity index is 375. The SMILES string of the molecule is Cc1cccc(OCCC(CN)N2CCCCC2)c1. The van der Waals surface area contributed by atoms with Crippen molar-refractivity contribution in [1.29, 1.82) is 0 Å². The largest absolute Gasteiger partial charge is 0.494 e. The number of ether oxygens (including phenoxy) is 1. The number of rotatable bonds is 6. The molecule has 0 saturated carbocycles. The van der Waals surface area contributed by atoms with E-state index in [0.717, 1.165) is 25.3 Å². The summed E-state index contributed by atoms with van der Waals surface area (Å²) < 4.78 is 5.83. The molecule has 0 bridgehead atoms. The number of hydrogen-bond acceptors (Lipinski definition) is 3. The van der Waals surface area contributed by atoms with Gasteiger partial charge in [-0.1, -0.05) is 18.6 Å². The third-order valence-corrected chi connectivity index (χ3v) is 3.89. The van der Waals surface area contributed by atoms with E-state index in [0.29, 0.717) is 6.04 Å². The lowest BCUT2D eigenvalue weighted by Crippen LogP contribution is -2.44. The smallest absolute Gasteiger partial charge is 0.119 e. The molecule has 2 rings (SSSR count). The molecule has 1 aromatic carbocycles. The maximum absolute atomic E-state index is 5.91. The number of nitrogens with zero attached hydrogens (tertiary/aromatic N) is 1. The van der Waals surface area contributed by atoms with Crippen LogP contribution in [0.25, 0.3) is 0 Å². The number of aryl methyl sites for hydroxylation is 1. The second kappa shape index (κ2) is 7.51. The van der Waals surface area contributed by atoms with Crippen LogP contribution in [0.3, 0.4) is 0 Å². The van der Waals surface area contributed by atoms with Crippen molar-refractivity contribution in [3.8, 4) is 5.75 Å². The van der Waals surface area contributed by atoms with Crippen molar-refractivity contribution in [2.75, 3.05) is 26.2 Å². The van der Waals surface area contributed by atoms with Crippen LogP contribution in [-0.2, 0) is 0 Å². The molecule has 1 unspecified atom stereocenters. The van der Waals surface area contributed by atoms with Crippen LogP contribution in [0, 0.1) is 6.92 Å². The molecule has 3 nitrogen and oxygen atoms in total. The molecule has 0 spiro atoms. The summed E-state index contributed by atoms with van der Waals surface area (Å²) in [5.74, 6) is 0.967. The first kappa shape index (κ1) is 14.4. The highest BCUT2D eigenvalue weighted by Crippen LogP contribution is 2.16. The van der Waals surface area contributed by atoms with E-state index in [4.69, 9.17) is 10.5 Å². The van der Waals surface area contributed by atoms with Gasteiger partial charge in [0, 0.05) is 12.6 Å². The lowest BCUT2D eigenvalue weighted by Gasteiger charge is -2.33. The van der Waals surface area contributed by atoms with Crippen LogP contribution in [0.4, 0.5) is 0 Å². The molecule has 1 heterocycles. The first-order valence-electron chi connectivity index (χ1n) is 7.43. The Kier molecular flexibility index (Phi) is 5.67. The summed E-state index contributed by atoms with van der Waals surface area (Å²) in [6, 6.07) is 8.70. The van der Waals surface area contributed by atoms with Crippen molar-refractivity contribution in [3.63, 3.8) is 0 Å². The molecule has 1 fully saturated rings. The zero-order valence-corrected chi connectivity index (χ0v) is 12.0. The highest BCUT2D eigenvalue weighted by atomic mass is 16.5. The second-order valence-corrected chi connectivity index (χ2v) is 5.44. The van der Waals surface area contributed by atoms with Crippen molar-refractivity contribution in [1.82, 2.24) is 4.90 Å². The molecule has 1 atom stereocenters. The predicted molar refractivity (Wildman–Crippen MR) is 79.6 cm³/mol. The Morgan fingerprint density at radius 2 is 2.05 bits per heavy atom. The van der Waals surface area contributed by atoms with Crippen LogP contribution in [0.15, 0.2) is 24.3 Å². The molecule has 0 aliphatic carbocycles. The molecule has 0 aromatic heterocycles. The van der Waals surface area contributed by atoms with Crippen LogP contribution < -0.4 is 10.5 Å². The first-order chi connectivity index (χ1) is 9.29. The van der Waals surface area contributed by atoms with Gasteiger partial charge in [0.2, 0.25) is 0 Å². The zero-order valence-electron chi connectivity index (χ0n) is 12.0. The first-order valence-corrected chi connectivity index (χ1v) is 7.43. The number of nitrogens with two attached hydrogens (primary N) is 1. The third kappa shape index (κ3) is 4.51. The van der Waals surface area contributed by atoms with E-state index in [9.17, 15) is 0 Å². The maximum atomic E-state index is 5.91. The van der Waals surface area contributed by atoms with Gasteiger partial charge in [-0.3, -0.25) is 4.90 Å². The van der Waals surface area contributed by atoms with E-state index in [1.54, 1.807) is 0 Å². The van der Waals surface area contributed by atoms with Crippen molar-refractivity contribution < 1.29 is 4.74 Å². The lowest BCUT2D eigenvalue weighted by molar-refractivity contribution is 0.142. The summed E-state index contributed by atoms with van der Waals surface area (Å²) in [6.07, 6.45) is 5.02. The van der Waals surface area contributed by atoms with Crippen LogP contribution in [0.5, 0.6) is 5.75 Å². The van der Waals surface area contributed by atoms with E-state index >= 15 is 0 Å². The van der Waals surface area contributed by atoms with Gasteiger partial charge in [-0.15, -0.1) is 0 Å². The standard InChI is InChI=1S/C16H26N2O/c1-14-6-5-7-16(12-14)19-11-8-15(13-17)18-9-3-2-4-10-18/h5-7,12,15H,2-4,8-11,13,17H2,1H3. The number of piperidine rings is 1. The Morgan fingerprint density at radius 3 is 2.74 bits per heavy atom. The summed E-state index contributed by atoms with van der Waals surface area (Å²) in [5, 5.41) is 0. The van der Waals surface area contributed by atoms with E-state index in [1.807, 2.05) is 12.1 Å². The molecular weight excluding hydrogens is 236 g/mol. The van der Waals surface area contributed by atoms with Gasteiger partial charge in [-0.05, 0) is 57.0 Å². The van der Waals surface area contributed by atoms with Crippen molar-refractivity contribution in [2.45, 2.75) is 38.6 Å². The molecule has 2 N–H and O–H groups in total. The molecule has 19 heavy (non-hydrogen) atoms. The van der Waals surface area contributed by atoms with Gasteiger partial charge in [0.15, 0.2) is 0 Å². The van der Waals surface area contributed by atoms with Gasteiger partial charge in [0.25, 0.3) is 0 Å². The third-order valence-electron chi connectivity index (χ3n) is 3.89. The number of benzene rings is 1. The second-order valence-electron chi connectivity index (χ2n) is 5.44. The monoisotopic (exact) mass is 262 g/mol. The van der Waals surface area contributed by atoms with Crippen LogP contribution >= 0.6 is 0 Å². The Hall–Kier alpha value is -1.06. The van der Waals surface area contributed by atoms with Gasteiger partial charge < -0.3 is 10.5 Å². The maximum Gasteiger partial charge on any atom is 0.119 e. The van der Waals surface area contributed by atoms with E-state index in [1.165, 1.54) is 37.9 Å². The molecule has 0 radical (unpaired) electrons. The molecular formula is C16H26N2O. The zero-order chi connectivity index (χ0) is 13.5. The highest BCUT2D eigenvalue weighted by molar-refractivity contribution is 5.27. The number of likely N-dealkylation sites (tertiary alicyclic amines) is 1. The topological polar surface area (TPSA) is 38.5 Å². The van der Waals surface area contributed by atoms with Gasteiger partial charge in [-0.25, -0.2) is 0 Å². The fourth-order valence-electron chi connectivity index (χ4n) is 2.75. The van der Waals surface area contributed by atoms with Gasteiger partial charge in [0.05, 0.1) is 6.61 Å². The van der Waals surface area contributed by atoms with E-state index in [-0.39, 0.29) is 0 Å². The van der Waals surface area contributed by atoms with Crippen LogP contribution in [0.1, 0.15) is 31.2 Å². The fraction of sp³-hybridized carbons (Fsp3) is 0.625. The van der Waals surface area contributed by atoms with Crippen molar-refractivity contribution in [3.05, 3.63) is 29.8 Å². The molecule has 1 aromatic rings. The van der Waals surface area contributed by atoms with Gasteiger partial charge in [0.1, 0.15) is 5.75 Å². The summed E-state index contributed by atoms with van der Waals surface area (Å²) in [5.41, 5.74) is 7.15. The molecule has 1 saturated heterocycles. The van der Waals surface area contributed by atoms with Crippen LogP contribution in [0.2, 0.25) is 0 Å². The molecule has 3 heteroatoms. The average Bonchev–Trinajstić information content (AvgIpc) is 2.45. The molecule has 106 valence electrons. The predicted octanol–water partition coefficient (Wildman–Crippen LogP) is 2.58. The summed E-state index contributed by atoms with van der Waals surface area (Å²) >= 11 is 0. The number of hydrogen-bond donors (Lipinski definition) is 1. The molecule has 1 aliphatic rings. The fourth-order valence-corrected chi connectivity index (χ4v) is 2.75. The van der Waals surface area contributed by atoms with Gasteiger partial charge in [-0.2, -0.15) is 0 Å². The summed E-state index contributed by atoms with van der Waals surface area (Å²) in [6.45, 7) is 5.97. The summed E-state index contributed by atoms with van der Waals surface area (Å²) in [7, 11) is 0. The minimum absolute atomic E-state index is 0.477. The van der Waals surface area contributed by atoms with Crippen LogP contribution in [-0.4, -0.2) is 37.2 Å². The Labute approximate surface area is 116 Å². The quantitative estimate of drug-likeness (QED) is 0.856. The Balaban J connectivity index is 1.76.